The largest absolute Gasteiger partial charge is 0.481 e. The highest BCUT2D eigenvalue weighted by Crippen LogP contribution is 2.34. The first-order valence-electron chi connectivity index (χ1n) is 8.59. The minimum atomic E-state index is -0.724. The van der Waals surface area contributed by atoms with E-state index in [-0.39, 0.29) is 11.8 Å². The fourth-order valence-electron chi connectivity index (χ4n) is 3.75. The third-order valence-corrected chi connectivity index (χ3v) is 5.07. The van der Waals surface area contributed by atoms with E-state index in [0.717, 1.165) is 28.8 Å². The highest BCUT2D eigenvalue weighted by Gasteiger charge is 2.38. The van der Waals surface area contributed by atoms with E-state index in [1.165, 1.54) is 5.56 Å². The van der Waals surface area contributed by atoms with E-state index >= 15 is 0 Å². The Morgan fingerprint density at radius 3 is 2.64 bits per heavy atom. The Kier molecular flexibility index (Phi) is 4.06. The fourth-order valence-corrected chi connectivity index (χ4v) is 3.75. The van der Waals surface area contributed by atoms with Gasteiger partial charge >= 0.3 is 5.97 Å². The Morgan fingerprint density at radius 2 is 1.92 bits per heavy atom. The van der Waals surface area contributed by atoms with Crippen LogP contribution in [0.15, 0.2) is 59.0 Å². The lowest BCUT2D eigenvalue weighted by Crippen LogP contribution is -2.23. The van der Waals surface area contributed by atoms with Gasteiger partial charge in [-0.15, -0.1) is 0 Å². The molecule has 3 aromatic rings. The van der Waals surface area contributed by atoms with Crippen LogP contribution in [0.5, 0.6) is 0 Å². The summed E-state index contributed by atoms with van der Waals surface area (Å²) in [4.78, 5) is 13.9. The van der Waals surface area contributed by atoms with Gasteiger partial charge in [-0.2, -0.15) is 0 Å². The molecular formula is C21H21NO3. The molecule has 0 amide bonds. The van der Waals surface area contributed by atoms with Crippen LogP contribution < -0.4 is 0 Å². The van der Waals surface area contributed by atoms with Gasteiger partial charge in [-0.3, -0.25) is 9.69 Å². The Morgan fingerprint density at radius 1 is 1.16 bits per heavy atom. The lowest BCUT2D eigenvalue weighted by molar-refractivity contribution is -0.141. The molecule has 1 aliphatic heterocycles. The molecule has 0 spiro atoms. The van der Waals surface area contributed by atoms with Crippen LogP contribution >= 0.6 is 0 Å². The van der Waals surface area contributed by atoms with Crippen LogP contribution in [0.25, 0.3) is 11.0 Å². The van der Waals surface area contributed by atoms with Crippen molar-refractivity contribution in [2.75, 3.05) is 13.1 Å². The zero-order valence-electron chi connectivity index (χ0n) is 14.2. The number of aliphatic carboxylic acids is 1. The number of para-hydroxylation sites is 1. The van der Waals surface area contributed by atoms with Crippen molar-refractivity contribution in [3.05, 3.63) is 71.5 Å². The number of carbonyl (C=O) groups is 1. The number of benzene rings is 2. The summed E-state index contributed by atoms with van der Waals surface area (Å²) in [5.41, 5.74) is 3.17. The summed E-state index contributed by atoms with van der Waals surface area (Å²) in [6.07, 6.45) is 0. The summed E-state index contributed by atoms with van der Waals surface area (Å²) in [7, 11) is 0. The number of hydrogen-bond donors (Lipinski definition) is 1. The standard InChI is InChI=1S/C21H21NO3/c1-14-6-8-15(9-7-14)18-12-22(13-19(18)21(23)24)11-17-10-16-4-2-3-5-20(16)25-17/h2-10,18-19H,11-13H2,1H3,(H,23,24)/t18-,19+/m1/s1. The van der Waals surface area contributed by atoms with Crippen LogP contribution in [0.4, 0.5) is 0 Å². The topological polar surface area (TPSA) is 53.7 Å². The minimum absolute atomic E-state index is 0.0162. The first-order valence-corrected chi connectivity index (χ1v) is 8.59. The van der Waals surface area contributed by atoms with Crippen LogP contribution in [0.2, 0.25) is 0 Å². The average molecular weight is 335 g/mol. The Labute approximate surface area is 146 Å². The molecule has 2 atom stereocenters. The molecule has 1 saturated heterocycles. The van der Waals surface area contributed by atoms with Gasteiger partial charge in [0, 0.05) is 24.4 Å². The summed E-state index contributed by atoms with van der Waals surface area (Å²) in [5.74, 6) is -0.206. The minimum Gasteiger partial charge on any atom is -0.481 e. The molecule has 4 heteroatoms. The van der Waals surface area contributed by atoms with E-state index < -0.39 is 5.97 Å². The number of fused-ring (bicyclic) bond motifs is 1. The number of carboxylic acid groups (broad SMARTS) is 1. The van der Waals surface area contributed by atoms with E-state index in [1.807, 2.05) is 37.3 Å². The highest BCUT2D eigenvalue weighted by molar-refractivity contribution is 5.77. The molecule has 1 N–H and O–H groups in total. The third kappa shape index (κ3) is 3.17. The monoisotopic (exact) mass is 335 g/mol. The molecule has 4 rings (SSSR count). The number of hydrogen-bond acceptors (Lipinski definition) is 3. The molecule has 1 fully saturated rings. The van der Waals surface area contributed by atoms with Crippen molar-refractivity contribution >= 4 is 16.9 Å². The molecule has 0 unspecified atom stereocenters. The summed E-state index contributed by atoms with van der Waals surface area (Å²) in [6, 6.07) is 18.2. The van der Waals surface area contributed by atoms with Gasteiger partial charge in [-0.05, 0) is 24.6 Å². The summed E-state index contributed by atoms with van der Waals surface area (Å²) >= 11 is 0. The molecule has 1 aliphatic rings. The van der Waals surface area contributed by atoms with Crippen molar-refractivity contribution < 1.29 is 14.3 Å². The fraction of sp³-hybridized carbons (Fsp3) is 0.286. The van der Waals surface area contributed by atoms with Crippen molar-refractivity contribution in [3.63, 3.8) is 0 Å². The normalized spacial score (nSPS) is 21.0. The number of aryl methyl sites for hydroxylation is 1. The summed E-state index contributed by atoms with van der Waals surface area (Å²) in [5, 5.41) is 10.7. The molecule has 128 valence electrons. The number of furan rings is 1. The van der Waals surface area contributed by atoms with E-state index in [1.54, 1.807) is 0 Å². The van der Waals surface area contributed by atoms with Gasteiger partial charge in [0.15, 0.2) is 0 Å². The molecule has 0 bridgehead atoms. The lowest BCUT2D eigenvalue weighted by atomic mass is 9.89. The molecule has 0 saturated carbocycles. The van der Waals surface area contributed by atoms with Crippen LogP contribution in [-0.2, 0) is 11.3 Å². The third-order valence-electron chi connectivity index (χ3n) is 5.07. The Bertz CT molecular complexity index is 864. The smallest absolute Gasteiger partial charge is 0.308 e. The van der Waals surface area contributed by atoms with Gasteiger partial charge in [0.1, 0.15) is 11.3 Å². The maximum atomic E-state index is 11.7. The molecule has 2 aromatic carbocycles. The lowest BCUT2D eigenvalue weighted by Gasteiger charge is -2.15. The van der Waals surface area contributed by atoms with Crippen molar-refractivity contribution in [2.24, 2.45) is 5.92 Å². The van der Waals surface area contributed by atoms with Gasteiger partial charge in [0.05, 0.1) is 12.5 Å². The molecule has 0 aliphatic carbocycles. The predicted octanol–water partition coefficient (Wildman–Crippen LogP) is 4.04. The van der Waals surface area contributed by atoms with Crippen LogP contribution in [0, 0.1) is 12.8 Å². The summed E-state index contributed by atoms with van der Waals surface area (Å²) < 4.78 is 5.89. The molecule has 25 heavy (non-hydrogen) atoms. The zero-order valence-corrected chi connectivity index (χ0v) is 14.2. The molecular weight excluding hydrogens is 314 g/mol. The van der Waals surface area contributed by atoms with Gasteiger partial charge < -0.3 is 9.52 Å². The number of nitrogens with zero attached hydrogens (tertiary/aromatic N) is 1. The van der Waals surface area contributed by atoms with Crippen molar-refractivity contribution in [3.8, 4) is 0 Å². The maximum absolute atomic E-state index is 11.7. The zero-order chi connectivity index (χ0) is 17.4. The second-order valence-corrected chi connectivity index (χ2v) is 6.91. The molecule has 4 nitrogen and oxygen atoms in total. The number of rotatable bonds is 4. The van der Waals surface area contributed by atoms with Crippen LogP contribution in [0.1, 0.15) is 22.8 Å². The van der Waals surface area contributed by atoms with Crippen LogP contribution in [-0.4, -0.2) is 29.1 Å². The van der Waals surface area contributed by atoms with Gasteiger partial charge in [0.25, 0.3) is 0 Å². The Balaban J connectivity index is 1.55. The van der Waals surface area contributed by atoms with Crippen molar-refractivity contribution in [2.45, 2.75) is 19.4 Å². The van der Waals surface area contributed by atoms with E-state index in [9.17, 15) is 9.90 Å². The van der Waals surface area contributed by atoms with Crippen molar-refractivity contribution in [1.29, 1.82) is 0 Å². The first kappa shape index (κ1) is 15.9. The average Bonchev–Trinajstić information content (AvgIpc) is 3.19. The second-order valence-electron chi connectivity index (χ2n) is 6.91. The quantitative estimate of drug-likeness (QED) is 0.782. The van der Waals surface area contributed by atoms with Gasteiger partial charge in [-0.25, -0.2) is 0 Å². The molecule has 2 heterocycles. The van der Waals surface area contributed by atoms with Crippen molar-refractivity contribution in [1.82, 2.24) is 4.90 Å². The second kappa shape index (κ2) is 6.37. The number of likely N-dealkylation sites (tertiary alicyclic amines) is 1. The maximum Gasteiger partial charge on any atom is 0.308 e. The van der Waals surface area contributed by atoms with E-state index in [4.69, 9.17) is 4.42 Å². The van der Waals surface area contributed by atoms with E-state index in [0.29, 0.717) is 13.1 Å². The first-order chi connectivity index (χ1) is 12.1. The van der Waals surface area contributed by atoms with E-state index in [2.05, 4.69) is 29.2 Å². The highest BCUT2D eigenvalue weighted by atomic mass is 16.4. The summed E-state index contributed by atoms with van der Waals surface area (Å²) in [6.45, 7) is 3.96. The Hall–Kier alpha value is -2.59. The van der Waals surface area contributed by atoms with Gasteiger partial charge in [-0.1, -0.05) is 48.0 Å². The predicted molar refractivity (Wildman–Crippen MR) is 96.5 cm³/mol. The number of carboxylic acids is 1. The molecule has 0 radical (unpaired) electrons. The van der Waals surface area contributed by atoms with Crippen LogP contribution in [0.3, 0.4) is 0 Å². The molecule has 1 aromatic heterocycles. The SMILES string of the molecule is Cc1ccc([C@H]2CN(Cc3cc4ccccc4o3)C[C@@H]2C(=O)O)cc1. The van der Waals surface area contributed by atoms with Gasteiger partial charge in [0.2, 0.25) is 0 Å².